The number of nitrogens with zero attached hydrogens (tertiary/aromatic N) is 3. The Morgan fingerprint density at radius 3 is 1.78 bits per heavy atom. The molecule has 7 aromatic carbocycles. The Labute approximate surface area is 290 Å². The van der Waals surface area contributed by atoms with Crippen LogP contribution >= 0.6 is 0 Å². The minimum absolute atomic E-state index is 0.561. The van der Waals surface area contributed by atoms with Crippen LogP contribution in [-0.4, -0.2) is 14.5 Å². The third kappa shape index (κ3) is 4.44. The molecule has 0 bridgehead atoms. The van der Waals surface area contributed by atoms with E-state index in [1.54, 1.807) is 0 Å². The second-order valence-corrected chi connectivity index (χ2v) is 13.4. The summed E-state index contributed by atoms with van der Waals surface area (Å²) in [4.78, 5) is 11.1. The van der Waals surface area contributed by atoms with E-state index in [0.29, 0.717) is 5.92 Å². The predicted molar refractivity (Wildman–Crippen MR) is 211 cm³/mol. The van der Waals surface area contributed by atoms with Gasteiger partial charge < -0.3 is 4.57 Å². The maximum Gasteiger partial charge on any atom is 0.0979 e. The zero-order valence-electron chi connectivity index (χ0n) is 27.7. The molecule has 0 saturated heterocycles. The van der Waals surface area contributed by atoms with Crippen molar-refractivity contribution in [1.29, 1.82) is 0 Å². The third-order valence-corrected chi connectivity index (χ3v) is 10.3. The lowest BCUT2D eigenvalue weighted by molar-refractivity contribution is 0.735. The van der Waals surface area contributed by atoms with Crippen LogP contribution < -0.4 is 0 Å². The number of fused-ring (bicyclic) bond motifs is 9. The first-order valence-electron chi connectivity index (χ1n) is 17.4. The fraction of sp³-hybridized carbons (Fsp3) is 0.0638. The fourth-order valence-electron chi connectivity index (χ4n) is 7.89. The Morgan fingerprint density at radius 1 is 0.500 bits per heavy atom. The quantitative estimate of drug-likeness (QED) is 0.179. The number of benzene rings is 7. The highest BCUT2D eigenvalue weighted by molar-refractivity contribution is 6.23. The van der Waals surface area contributed by atoms with Crippen molar-refractivity contribution in [2.75, 3.05) is 0 Å². The minimum Gasteiger partial charge on any atom is -0.310 e. The van der Waals surface area contributed by atoms with Crippen molar-refractivity contribution in [1.82, 2.24) is 14.5 Å². The van der Waals surface area contributed by atoms with Crippen LogP contribution in [0, 0.1) is 5.92 Å². The highest BCUT2D eigenvalue weighted by atomic mass is 15.0. The first-order chi connectivity index (χ1) is 24.7. The first kappa shape index (κ1) is 28.7. The van der Waals surface area contributed by atoms with E-state index in [2.05, 4.69) is 175 Å². The minimum atomic E-state index is 0.561. The van der Waals surface area contributed by atoms with Crippen LogP contribution in [0.1, 0.15) is 13.3 Å². The summed E-state index contributed by atoms with van der Waals surface area (Å²) >= 11 is 0. The van der Waals surface area contributed by atoms with Gasteiger partial charge in [0.1, 0.15) is 0 Å². The average Bonchev–Trinajstić information content (AvgIpc) is 3.52. The van der Waals surface area contributed by atoms with Crippen LogP contribution in [0.3, 0.4) is 0 Å². The van der Waals surface area contributed by atoms with Gasteiger partial charge in [0.2, 0.25) is 0 Å². The lowest BCUT2D eigenvalue weighted by atomic mass is 9.93. The third-order valence-electron chi connectivity index (χ3n) is 10.3. The van der Waals surface area contributed by atoms with Gasteiger partial charge in [-0.1, -0.05) is 146 Å². The van der Waals surface area contributed by atoms with Crippen LogP contribution in [0.15, 0.2) is 164 Å². The molecule has 3 nitrogen and oxygen atoms in total. The molecule has 1 aliphatic carbocycles. The van der Waals surface area contributed by atoms with E-state index in [1.165, 1.54) is 38.3 Å². The number of allylic oxidation sites excluding steroid dienone is 4. The summed E-state index contributed by atoms with van der Waals surface area (Å²) in [7, 11) is 0. The van der Waals surface area contributed by atoms with Crippen LogP contribution in [-0.2, 0) is 0 Å². The number of rotatable bonds is 4. The van der Waals surface area contributed by atoms with Crippen molar-refractivity contribution in [3.8, 4) is 33.6 Å². The number of hydrogen-bond donors (Lipinski definition) is 0. The highest BCUT2D eigenvalue weighted by Gasteiger charge is 2.21. The Bertz CT molecular complexity index is 2860. The first-order valence-corrected chi connectivity index (χ1v) is 17.4. The van der Waals surface area contributed by atoms with E-state index in [0.717, 1.165) is 61.9 Å². The van der Waals surface area contributed by atoms with Gasteiger partial charge >= 0.3 is 0 Å². The molecule has 9 aromatic rings. The second kappa shape index (κ2) is 11.4. The monoisotopic (exact) mass is 639 g/mol. The molecule has 2 aromatic heterocycles. The van der Waals surface area contributed by atoms with Gasteiger partial charge in [-0.15, -0.1) is 0 Å². The smallest absolute Gasteiger partial charge is 0.0979 e. The molecule has 50 heavy (non-hydrogen) atoms. The molecule has 0 N–H and O–H groups in total. The van der Waals surface area contributed by atoms with Crippen molar-refractivity contribution in [3.63, 3.8) is 0 Å². The van der Waals surface area contributed by atoms with Gasteiger partial charge in [-0.3, -0.25) is 0 Å². The molecule has 1 unspecified atom stereocenters. The summed E-state index contributed by atoms with van der Waals surface area (Å²) in [5.74, 6) is 0.561. The van der Waals surface area contributed by atoms with Crippen LogP contribution in [0.25, 0.3) is 93.7 Å². The van der Waals surface area contributed by atoms with E-state index in [9.17, 15) is 0 Å². The topological polar surface area (TPSA) is 30.7 Å². The average molecular weight is 640 g/mol. The summed E-state index contributed by atoms with van der Waals surface area (Å²) in [6, 6.07) is 52.0. The molecule has 1 aliphatic rings. The predicted octanol–water partition coefficient (Wildman–Crippen LogP) is 12.5. The van der Waals surface area contributed by atoms with E-state index in [1.807, 2.05) is 0 Å². The zero-order valence-corrected chi connectivity index (χ0v) is 27.7. The Morgan fingerprint density at radius 2 is 1.08 bits per heavy atom. The summed E-state index contributed by atoms with van der Waals surface area (Å²) in [5.41, 5.74) is 11.7. The SMILES string of the molecule is CC1C=CC(n2c3ccccc3c3cc(-c4ccccc4-c4nc5c6ccccc6c6ccccc6c5nc4-c4ccccc4)ccc32)=CC1. The van der Waals surface area contributed by atoms with Gasteiger partial charge in [-0.25, -0.2) is 9.97 Å². The highest BCUT2D eigenvalue weighted by Crippen LogP contribution is 2.42. The summed E-state index contributed by atoms with van der Waals surface area (Å²) in [5, 5.41) is 7.11. The largest absolute Gasteiger partial charge is 0.310 e. The molecule has 2 heterocycles. The van der Waals surface area contributed by atoms with Crippen LogP contribution in [0.4, 0.5) is 0 Å². The molecule has 0 aliphatic heterocycles. The molecule has 0 saturated carbocycles. The van der Waals surface area contributed by atoms with E-state index < -0.39 is 0 Å². The number of para-hydroxylation sites is 1. The summed E-state index contributed by atoms with van der Waals surface area (Å²) < 4.78 is 2.42. The Balaban J connectivity index is 1.25. The number of hydrogen-bond acceptors (Lipinski definition) is 2. The molecule has 3 heteroatoms. The second-order valence-electron chi connectivity index (χ2n) is 13.4. The van der Waals surface area contributed by atoms with Gasteiger partial charge in [-0.2, -0.15) is 0 Å². The lowest BCUT2D eigenvalue weighted by Gasteiger charge is -2.17. The molecule has 236 valence electrons. The zero-order chi connectivity index (χ0) is 33.2. The molecular weight excluding hydrogens is 607 g/mol. The molecule has 0 amide bonds. The molecule has 1 atom stereocenters. The molecule has 0 spiro atoms. The van der Waals surface area contributed by atoms with Crippen molar-refractivity contribution in [3.05, 3.63) is 164 Å². The van der Waals surface area contributed by atoms with Crippen molar-refractivity contribution < 1.29 is 0 Å². The maximum atomic E-state index is 5.59. The fourth-order valence-corrected chi connectivity index (χ4v) is 7.89. The summed E-state index contributed by atoms with van der Waals surface area (Å²) in [6.45, 7) is 2.27. The lowest BCUT2D eigenvalue weighted by Crippen LogP contribution is -2.00. The molecular formula is C47H33N3. The van der Waals surface area contributed by atoms with Crippen LogP contribution in [0.5, 0.6) is 0 Å². The van der Waals surface area contributed by atoms with E-state index in [4.69, 9.17) is 9.97 Å². The standard InChI is InChI=1S/C47H33N3/c1-30-23-26-33(27-24-30)50-42-22-12-11-18-37(42)41-29-32(25-28-43(41)50)34-15-5-8-19-38(34)45-44(31-13-3-2-4-14-31)48-46-39-20-9-6-16-35(39)36-17-7-10-21-40(36)47(46)49-45/h2-23,25-30H,24H2,1H3. The maximum absolute atomic E-state index is 5.59. The normalized spacial score (nSPS) is 14.7. The Kier molecular flexibility index (Phi) is 6.53. The van der Waals surface area contributed by atoms with Crippen molar-refractivity contribution >= 4 is 60.1 Å². The van der Waals surface area contributed by atoms with E-state index >= 15 is 0 Å². The van der Waals surface area contributed by atoms with Gasteiger partial charge in [0.25, 0.3) is 0 Å². The molecule has 10 rings (SSSR count). The van der Waals surface area contributed by atoms with Gasteiger partial charge in [-0.05, 0) is 58.5 Å². The van der Waals surface area contributed by atoms with Gasteiger partial charge in [0.15, 0.2) is 0 Å². The molecule has 0 radical (unpaired) electrons. The van der Waals surface area contributed by atoms with Crippen LogP contribution in [0.2, 0.25) is 0 Å². The van der Waals surface area contributed by atoms with Gasteiger partial charge in [0.05, 0.1) is 33.5 Å². The number of aromatic nitrogens is 3. The van der Waals surface area contributed by atoms with Crippen molar-refractivity contribution in [2.24, 2.45) is 5.92 Å². The molecule has 0 fully saturated rings. The summed E-state index contributed by atoms with van der Waals surface area (Å²) in [6.07, 6.45) is 8.02. The van der Waals surface area contributed by atoms with E-state index in [-0.39, 0.29) is 0 Å². The Hall–Kier alpha value is -6.32. The van der Waals surface area contributed by atoms with Gasteiger partial charge in [0, 0.05) is 38.4 Å². The van der Waals surface area contributed by atoms with Crippen molar-refractivity contribution in [2.45, 2.75) is 13.3 Å².